The van der Waals surface area contributed by atoms with Crippen molar-refractivity contribution in [3.8, 4) is 16.2 Å². The Balaban J connectivity index is 1.56. The second-order valence-electron chi connectivity index (χ2n) is 5.63. The van der Waals surface area contributed by atoms with Crippen LogP contribution in [0.3, 0.4) is 0 Å². The second-order valence-corrected chi connectivity index (χ2v) is 7.28. The predicted molar refractivity (Wildman–Crippen MR) is 107 cm³/mol. The summed E-state index contributed by atoms with van der Waals surface area (Å²) in [6, 6.07) is 18.9. The van der Waals surface area contributed by atoms with Crippen LogP contribution in [-0.2, 0) is 11.2 Å². The maximum absolute atomic E-state index is 11.9. The number of thiophene rings is 1. The molecule has 2 N–H and O–H groups in total. The summed E-state index contributed by atoms with van der Waals surface area (Å²) < 4.78 is 0.621. The quantitative estimate of drug-likeness (QED) is 0.471. The van der Waals surface area contributed by atoms with E-state index < -0.39 is 0 Å². The van der Waals surface area contributed by atoms with Gasteiger partial charge in [-0.25, -0.2) is 5.43 Å². The fourth-order valence-corrected chi connectivity index (χ4v) is 3.63. The van der Waals surface area contributed by atoms with E-state index in [1.807, 2.05) is 42.5 Å². The highest BCUT2D eigenvalue weighted by atomic mass is 35.5. The molecule has 0 aliphatic heterocycles. The highest BCUT2D eigenvalue weighted by molar-refractivity contribution is 7.19. The van der Waals surface area contributed by atoms with E-state index in [0.29, 0.717) is 10.8 Å². The number of benzene rings is 2. The van der Waals surface area contributed by atoms with Gasteiger partial charge in [0.15, 0.2) is 0 Å². The maximum Gasteiger partial charge on any atom is 0.240 e. The van der Waals surface area contributed by atoms with Crippen LogP contribution < -0.4 is 5.43 Å². The van der Waals surface area contributed by atoms with Crippen LogP contribution in [0.15, 0.2) is 65.8 Å². The van der Waals surface area contributed by atoms with Crippen molar-refractivity contribution in [1.82, 2.24) is 5.43 Å². The number of phenols is 1. The van der Waals surface area contributed by atoms with Crippen molar-refractivity contribution in [2.24, 2.45) is 5.10 Å². The first-order valence-corrected chi connectivity index (χ1v) is 9.26. The molecular formula is C20H17ClN2O2S. The minimum absolute atomic E-state index is 0.197. The highest BCUT2D eigenvalue weighted by Crippen LogP contribution is 2.33. The number of carbonyl (C=O) groups is 1. The van der Waals surface area contributed by atoms with Crippen LogP contribution in [0, 0.1) is 0 Å². The van der Waals surface area contributed by atoms with Crippen LogP contribution in [-0.4, -0.2) is 17.2 Å². The molecule has 4 nitrogen and oxygen atoms in total. The van der Waals surface area contributed by atoms with E-state index in [9.17, 15) is 9.90 Å². The van der Waals surface area contributed by atoms with Crippen molar-refractivity contribution >= 4 is 35.1 Å². The third kappa shape index (κ3) is 4.71. The lowest BCUT2D eigenvalue weighted by Crippen LogP contribution is -2.17. The number of phenolic OH excluding ortho intramolecular Hbond substituents is 1. The van der Waals surface area contributed by atoms with Gasteiger partial charge in [-0.2, -0.15) is 5.10 Å². The molecule has 3 aromatic rings. The molecule has 1 amide bonds. The zero-order valence-electron chi connectivity index (χ0n) is 13.9. The van der Waals surface area contributed by atoms with E-state index in [-0.39, 0.29) is 18.1 Å². The van der Waals surface area contributed by atoms with Gasteiger partial charge < -0.3 is 5.11 Å². The third-order valence-electron chi connectivity index (χ3n) is 3.78. The number of hydrazone groups is 1. The predicted octanol–water partition coefficient (Wildman–Crippen LogP) is 4.86. The number of carbonyl (C=O) groups excluding carboxylic acids is 1. The van der Waals surface area contributed by atoms with Crippen LogP contribution >= 0.6 is 22.9 Å². The molecular weight excluding hydrogens is 368 g/mol. The summed E-state index contributed by atoms with van der Waals surface area (Å²) in [7, 11) is 0. The Labute approximate surface area is 160 Å². The van der Waals surface area contributed by atoms with E-state index in [0.717, 1.165) is 21.6 Å². The van der Waals surface area contributed by atoms with E-state index in [4.69, 9.17) is 11.6 Å². The molecule has 0 aliphatic rings. The van der Waals surface area contributed by atoms with Crippen LogP contribution in [0.1, 0.15) is 17.5 Å². The van der Waals surface area contributed by atoms with Crippen molar-refractivity contribution in [1.29, 1.82) is 0 Å². The molecule has 0 saturated heterocycles. The van der Waals surface area contributed by atoms with Crippen LogP contribution in [0.4, 0.5) is 0 Å². The largest absolute Gasteiger partial charge is 0.508 e. The fraction of sp³-hybridized carbons (Fsp3) is 0.100. The Morgan fingerprint density at radius 3 is 2.65 bits per heavy atom. The van der Waals surface area contributed by atoms with E-state index in [1.54, 1.807) is 24.4 Å². The number of nitrogens with one attached hydrogen (secondary N) is 1. The Hall–Kier alpha value is -2.63. The summed E-state index contributed by atoms with van der Waals surface area (Å²) >= 11 is 7.72. The molecule has 0 fully saturated rings. The minimum atomic E-state index is -0.223. The molecule has 0 radical (unpaired) electrons. The zero-order valence-corrected chi connectivity index (χ0v) is 15.4. The van der Waals surface area contributed by atoms with Gasteiger partial charge in [-0.15, -0.1) is 11.3 Å². The molecule has 132 valence electrons. The van der Waals surface area contributed by atoms with E-state index >= 15 is 0 Å². The minimum Gasteiger partial charge on any atom is -0.508 e. The summed E-state index contributed by atoms with van der Waals surface area (Å²) in [5.41, 5.74) is 5.08. The number of nitrogens with zero attached hydrogens (tertiary/aromatic N) is 1. The molecule has 0 bridgehead atoms. The maximum atomic E-state index is 11.9. The number of halogens is 1. The molecule has 26 heavy (non-hydrogen) atoms. The van der Waals surface area contributed by atoms with Crippen molar-refractivity contribution in [2.45, 2.75) is 12.8 Å². The molecule has 0 unspecified atom stereocenters. The molecule has 2 aromatic carbocycles. The Kier molecular flexibility index (Phi) is 6.04. The van der Waals surface area contributed by atoms with Crippen molar-refractivity contribution in [3.05, 3.63) is 76.1 Å². The van der Waals surface area contributed by atoms with Crippen LogP contribution in [0.25, 0.3) is 10.4 Å². The first kappa shape index (κ1) is 18.2. The monoisotopic (exact) mass is 384 g/mol. The van der Waals surface area contributed by atoms with Crippen LogP contribution in [0.5, 0.6) is 5.75 Å². The number of hydrogen-bond donors (Lipinski definition) is 2. The van der Waals surface area contributed by atoms with Crippen molar-refractivity contribution < 1.29 is 9.90 Å². The van der Waals surface area contributed by atoms with E-state index in [2.05, 4.69) is 10.5 Å². The van der Waals surface area contributed by atoms with E-state index in [1.165, 1.54) is 11.3 Å². The van der Waals surface area contributed by atoms with Gasteiger partial charge in [-0.3, -0.25) is 4.79 Å². The summed E-state index contributed by atoms with van der Waals surface area (Å²) in [6.45, 7) is 0. The van der Waals surface area contributed by atoms with Gasteiger partial charge in [0, 0.05) is 16.9 Å². The topological polar surface area (TPSA) is 61.7 Å². The van der Waals surface area contributed by atoms with Gasteiger partial charge >= 0.3 is 0 Å². The lowest BCUT2D eigenvalue weighted by atomic mass is 10.1. The number of hydrogen-bond acceptors (Lipinski definition) is 4. The Bertz CT molecular complexity index is 923. The summed E-state index contributed by atoms with van der Waals surface area (Å²) in [4.78, 5) is 12.9. The molecule has 6 heteroatoms. The molecule has 0 spiro atoms. The SMILES string of the molecule is O=C(CCc1ccccc1O)N/N=C\c1cc(-c2ccccc2)sc1Cl. The number of amides is 1. The summed E-state index contributed by atoms with van der Waals surface area (Å²) in [6.07, 6.45) is 2.23. The summed E-state index contributed by atoms with van der Waals surface area (Å²) in [5, 5.41) is 13.7. The fourth-order valence-electron chi connectivity index (χ4n) is 2.42. The van der Waals surface area contributed by atoms with Gasteiger partial charge in [-0.1, -0.05) is 60.1 Å². The Morgan fingerprint density at radius 2 is 1.88 bits per heavy atom. The van der Waals surface area contributed by atoms with Gasteiger partial charge in [0.25, 0.3) is 0 Å². The second kappa shape index (κ2) is 8.65. The standard InChI is InChI=1S/C20H17ClN2O2S/c21-20-16(12-18(26-20)15-7-2-1-3-8-15)13-22-23-19(25)11-10-14-6-4-5-9-17(14)24/h1-9,12-13,24H,10-11H2,(H,23,25)/b22-13-. The van der Waals surface area contributed by atoms with Crippen molar-refractivity contribution in [2.75, 3.05) is 0 Å². The Morgan fingerprint density at radius 1 is 1.15 bits per heavy atom. The molecule has 0 saturated carbocycles. The normalized spacial score (nSPS) is 11.0. The van der Waals surface area contributed by atoms with Gasteiger partial charge in [0.2, 0.25) is 5.91 Å². The number of aromatic hydroxyl groups is 1. The van der Waals surface area contributed by atoms with Gasteiger partial charge in [-0.05, 0) is 29.7 Å². The highest BCUT2D eigenvalue weighted by Gasteiger charge is 2.08. The average Bonchev–Trinajstić information content (AvgIpc) is 3.03. The van der Waals surface area contributed by atoms with Gasteiger partial charge in [0.05, 0.1) is 6.21 Å². The molecule has 0 aliphatic carbocycles. The number of para-hydroxylation sites is 1. The number of rotatable bonds is 6. The lowest BCUT2D eigenvalue weighted by molar-refractivity contribution is -0.121. The number of aryl methyl sites for hydroxylation is 1. The van der Waals surface area contributed by atoms with Gasteiger partial charge in [0.1, 0.15) is 10.1 Å². The third-order valence-corrected chi connectivity index (χ3v) is 5.22. The lowest BCUT2D eigenvalue weighted by Gasteiger charge is -2.03. The molecule has 0 atom stereocenters. The first-order chi connectivity index (χ1) is 12.6. The smallest absolute Gasteiger partial charge is 0.240 e. The molecule has 1 heterocycles. The summed E-state index contributed by atoms with van der Waals surface area (Å²) in [5.74, 6) is -0.0264. The molecule has 1 aromatic heterocycles. The average molecular weight is 385 g/mol. The van der Waals surface area contributed by atoms with Crippen LogP contribution in [0.2, 0.25) is 4.34 Å². The molecule has 3 rings (SSSR count). The first-order valence-electron chi connectivity index (χ1n) is 8.07. The van der Waals surface area contributed by atoms with Crippen molar-refractivity contribution in [3.63, 3.8) is 0 Å². The zero-order chi connectivity index (χ0) is 18.4.